The number of hydrogen-bond donors (Lipinski definition) is 3. The molecule has 0 unspecified atom stereocenters. The highest BCUT2D eigenvalue weighted by Crippen LogP contribution is 2.13. The number of nitrogens with zero attached hydrogens (tertiary/aromatic N) is 1. The van der Waals surface area contributed by atoms with Gasteiger partial charge in [-0.2, -0.15) is 5.10 Å². The molecule has 0 bridgehead atoms. The van der Waals surface area contributed by atoms with Crippen molar-refractivity contribution >= 4 is 15.8 Å². The molecule has 0 amide bonds. The lowest BCUT2D eigenvalue weighted by Gasteiger charge is -2.05. The monoisotopic (exact) mass is 262 g/mol. The molecular weight excluding hydrogens is 244 g/mol. The summed E-state index contributed by atoms with van der Waals surface area (Å²) in [4.78, 5) is -0.00519. The Morgan fingerprint density at radius 1 is 1.47 bits per heavy atom. The lowest BCUT2D eigenvalue weighted by molar-refractivity contribution is 0.192. The molecule has 0 aliphatic heterocycles. The van der Waals surface area contributed by atoms with Gasteiger partial charge in [0.1, 0.15) is 10.7 Å². The summed E-state index contributed by atoms with van der Waals surface area (Å²) in [6.45, 7) is 1.08. The fraction of sp³-hybridized carbons (Fsp3) is 0.667. The average molecular weight is 262 g/mol. The van der Waals surface area contributed by atoms with Crippen LogP contribution in [-0.4, -0.2) is 38.9 Å². The van der Waals surface area contributed by atoms with Gasteiger partial charge in [0.05, 0.1) is 6.20 Å². The van der Waals surface area contributed by atoms with Crippen LogP contribution in [-0.2, 0) is 14.8 Å². The fourth-order valence-electron chi connectivity index (χ4n) is 1.33. The zero-order valence-electron chi connectivity index (χ0n) is 9.77. The van der Waals surface area contributed by atoms with Crippen molar-refractivity contribution in [1.82, 2.24) is 14.9 Å². The quantitative estimate of drug-likeness (QED) is 0.575. The van der Waals surface area contributed by atoms with Gasteiger partial charge in [0.25, 0.3) is 0 Å². The molecule has 4 N–H and O–H groups in total. The molecule has 0 aliphatic rings. The van der Waals surface area contributed by atoms with E-state index in [-0.39, 0.29) is 10.7 Å². The van der Waals surface area contributed by atoms with Gasteiger partial charge in [-0.3, -0.25) is 5.10 Å². The van der Waals surface area contributed by atoms with Gasteiger partial charge >= 0.3 is 0 Å². The number of rotatable bonds is 8. The highest BCUT2D eigenvalue weighted by Gasteiger charge is 2.18. The molecule has 7 nitrogen and oxygen atoms in total. The van der Waals surface area contributed by atoms with Gasteiger partial charge in [0, 0.05) is 20.3 Å². The van der Waals surface area contributed by atoms with Gasteiger partial charge in [0.2, 0.25) is 10.0 Å². The zero-order valence-corrected chi connectivity index (χ0v) is 10.6. The van der Waals surface area contributed by atoms with Crippen LogP contribution in [0.2, 0.25) is 0 Å². The molecule has 98 valence electrons. The Kier molecular flexibility index (Phi) is 5.39. The minimum Gasteiger partial charge on any atom is -0.385 e. The second-order valence-electron chi connectivity index (χ2n) is 3.60. The molecule has 1 aromatic rings. The molecule has 0 aromatic carbocycles. The van der Waals surface area contributed by atoms with Crippen LogP contribution in [0.25, 0.3) is 0 Å². The molecular formula is C9H18N4O3S. The van der Waals surface area contributed by atoms with E-state index in [0.717, 1.165) is 19.3 Å². The topological polar surface area (TPSA) is 110 Å². The standard InChI is InChI=1S/C9H18N4O3S/c1-16-6-4-2-3-5-12-17(14,15)8-7-11-13-9(8)10/h7,12H,2-6H2,1H3,(H3,10,11,13). The number of ether oxygens (including phenoxy) is 1. The van der Waals surface area contributed by atoms with Crippen LogP contribution < -0.4 is 10.5 Å². The molecule has 0 spiro atoms. The highest BCUT2D eigenvalue weighted by atomic mass is 32.2. The van der Waals surface area contributed by atoms with Gasteiger partial charge in [0.15, 0.2) is 0 Å². The number of aromatic amines is 1. The van der Waals surface area contributed by atoms with Crippen molar-refractivity contribution in [2.75, 3.05) is 26.0 Å². The Labute approximate surface area is 101 Å². The number of nitrogens with two attached hydrogens (primary N) is 1. The lowest BCUT2D eigenvalue weighted by atomic mass is 10.2. The van der Waals surface area contributed by atoms with E-state index < -0.39 is 10.0 Å². The third-order valence-corrected chi connectivity index (χ3v) is 3.73. The lowest BCUT2D eigenvalue weighted by Crippen LogP contribution is -2.25. The molecule has 17 heavy (non-hydrogen) atoms. The van der Waals surface area contributed by atoms with Gasteiger partial charge in [-0.15, -0.1) is 0 Å². The number of unbranched alkanes of at least 4 members (excludes halogenated alkanes) is 2. The van der Waals surface area contributed by atoms with Gasteiger partial charge in [-0.25, -0.2) is 13.1 Å². The minimum absolute atomic E-state index is 0.00519. The van der Waals surface area contributed by atoms with Crippen LogP contribution in [0.3, 0.4) is 0 Å². The fourth-order valence-corrected chi connectivity index (χ4v) is 2.43. The maximum Gasteiger partial charge on any atom is 0.245 e. The number of nitrogen functional groups attached to an aromatic ring is 1. The molecule has 1 aromatic heterocycles. The largest absolute Gasteiger partial charge is 0.385 e. The molecule has 1 rings (SSSR count). The Morgan fingerprint density at radius 2 is 2.24 bits per heavy atom. The third kappa shape index (κ3) is 4.33. The number of methoxy groups -OCH3 is 1. The van der Waals surface area contributed by atoms with Gasteiger partial charge < -0.3 is 10.5 Å². The summed E-state index contributed by atoms with van der Waals surface area (Å²) in [6.07, 6.45) is 3.80. The van der Waals surface area contributed by atoms with E-state index in [0.29, 0.717) is 13.2 Å². The van der Waals surface area contributed by atoms with Crippen LogP contribution in [0, 0.1) is 0 Å². The molecule has 0 saturated carbocycles. The van der Waals surface area contributed by atoms with Crippen LogP contribution in [0.1, 0.15) is 19.3 Å². The average Bonchev–Trinajstić information content (AvgIpc) is 2.70. The summed E-state index contributed by atoms with van der Waals surface area (Å²) in [5, 5.41) is 5.96. The summed E-state index contributed by atoms with van der Waals surface area (Å²) < 4.78 is 30.8. The van der Waals surface area contributed by atoms with Crippen molar-refractivity contribution in [3.63, 3.8) is 0 Å². The van der Waals surface area contributed by atoms with Crippen molar-refractivity contribution in [2.24, 2.45) is 0 Å². The smallest absolute Gasteiger partial charge is 0.245 e. The van der Waals surface area contributed by atoms with E-state index in [2.05, 4.69) is 14.9 Å². The predicted octanol–water partition coefficient (Wildman–Crippen LogP) is 0.0869. The molecule has 0 radical (unpaired) electrons. The molecule has 1 heterocycles. The van der Waals surface area contributed by atoms with Crippen molar-refractivity contribution in [3.8, 4) is 0 Å². The van der Waals surface area contributed by atoms with E-state index >= 15 is 0 Å². The number of aromatic nitrogens is 2. The van der Waals surface area contributed by atoms with Crippen LogP contribution >= 0.6 is 0 Å². The first-order valence-electron chi connectivity index (χ1n) is 5.35. The Hall–Kier alpha value is -1.12. The first kappa shape index (κ1) is 13.9. The van der Waals surface area contributed by atoms with Crippen molar-refractivity contribution in [3.05, 3.63) is 6.20 Å². The van der Waals surface area contributed by atoms with E-state index in [1.807, 2.05) is 0 Å². The Balaban J connectivity index is 2.34. The number of H-pyrrole nitrogens is 1. The van der Waals surface area contributed by atoms with Crippen molar-refractivity contribution in [2.45, 2.75) is 24.2 Å². The normalized spacial score (nSPS) is 11.8. The van der Waals surface area contributed by atoms with E-state index in [4.69, 9.17) is 10.5 Å². The van der Waals surface area contributed by atoms with Crippen molar-refractivity contribution < 1.29 is 13.2 Å². The first-order valence-corrected chi connectivity index (χ1v) is 6.83. The van der Waals surface area contributed by atoms with Crippen LogP contribution in [0.5, 0.6) is 0 Å². The molecule has 0 fully saturated rings. The van der Waals surface area contributed by atoms with E-state index in [1.165, 1.54) is 6.20 Å². The maximum atomic E-state index is 11.7. The zero-order chi connectivity index (χ0) is 12.7. The second kappa shape index (κ2) is 6.58. The highest BCUT2D eigenvalue weighted by molar-refractivity contribution is 7.89. The van der Waals surface area contributed by atoms with Gasteiger partial charge in [-0.1, -0.05) is 0 Å². The summed E-state index contributed by atoms with van der Waals surface area (Å²) in [7, 11) is -1.90. The SMILES string of the molecule is COCCCCCNS(=O)(=O)c1cn[nH]c1N. The number of sulfonamides is 1. The molecule has 8 heteroatoms. The minimum atomic E-state index is -3.54. The van der Waals surface area contributed by atoms with E-state index in [9.17, 15) is 8.42 Å². The molecule has 0 aliphatic carbocycles. The predicted molar refractivity (Wildman–Crippen MR) is 63.9 cm³/mol. The first-order chi connectivity index (χ1) is 8.08. The Morgan fingerprint density at radius 3 is 2.82 bits per heavy atom. The van der Waals surface area contributed by atoms with Crippen LogP contribution in [0.4, 0.5) is 5.82 Å². The third-order valence-electron chi connectivity index (χ3n) is 2.24. The Bertz CT molecular complexity index is 429. The summed E-state index contributed by atoms with van der Waals surface area (Å²) >= 11 is 0. The molecule has 0 atom stereocenters. The number of hydrogen-bond acceptors (Lipinski definition) is 5. The maximum absolute atomic E-state index is 11.7. The van der Waals surface area contributed by atoms with E-state index in [1.54, 1.807) is 7.11 Å². The molecule has 0 saturated heterocycles. The summed E-state index contributed by atoms with van der Waals surface area (Å²) in [6, 6.07) is 0. The van der Waals surface area contributed by atoms with Crippen molar-refractivity contribution in [1.29, 1.82) is 0 Å². The summed E-state index contributed by atoms with van der Waals surface area (Å²) in [5.74, 6) is 0.0527. The number of anilines is 1. The second-order valence-corrected chi connectivity index (χ2v) is 5.33. The van der Waals surface area contributed by atoms with Gasteiger partial charge in [-0.05, 0) is 19.3 Å². The number of nitrogens with one attached hydrogen (secondary N) is 2. The van der Waals surface area contributed by atoms with Crippen LogP contribution in [0.15, 0.2) is 11.1 Å². The summed E-state index contributed by atoms with van der Waals surface area (Å²) in [5.41, 5.74) is 5.44.